The summed E-state index contributed by atoms with van der Waals surface area (Å²) in [5.74, 6) is 0.0619. The van der Waals surface area contributed by atoms with E-state index < -0.39 is 5.91 Å². The average molecular weight is 321 g/mol. The van der Waals surface area contributed by atoms with Crippen LogP contribution in [0.25, 0.3) is 0 Å². The van der Waals surface area contributed by atoms with Crippen LogP contribution >= 0.6 is 0 Å². The molecule has 0 aliphatic carbocycles. The summed E-state index contributed by atoms with van der Waals surface area (Å²) in [7, 11) is 3.32. The largest absolute Gasteiger partial charge is 0.495 e. The van der Waals surface area contributed by atoms with Gasteiger partial charge < -0.3 is 15.0 Å². The lowest BCUT2D eigenvalue weighted by Gasteiger charge is -2.15. The van der Waals surface area contributed by atoms with Gasteiger partial charge in [-0.3, -0.25) is 4.79 Å². The number of anilines is 2. The molecule has 2 aromatic carbocycles. The van der Waals surface area contributed by atoms with Gasteiger partial charge in [-0.15, -0.1) is 0 Å². The topological polar surface area (TPSA) is 65.4 Å². The number of ether oxygens (including phenoxy) is 1. The minimum absolute atomic E-state index is 0.00455. The molecule has 0 bridgehead atoms. The Labute approximate surface area is 141 Å². The first kappa shape index (κ1) is 17.1. The average Bonchev–Trinajstić information content (AvgIpc) is 2.60. The van der Waals surface area contributed by atoms with Crippen molar-refractivity contribution >= 4 is 17.3 Å². The van der Waals surface area contributed by atoms with Gasteiger partial charge in [0.25, 0.3) is 5.91 Å². The fourth-order valence-corrected chi connectivity index (χ4v) is 2.18. The van der Waals surface area contributed by atoms with Crippen LogP contribution in [0.5, 0.6) is 5.75 Å². The Balaban J connectivity index is 2.22. The van der Waals surface area contributed by atoms with Gasteiger partial charge in [-0.2, -0.15) is 5.26 Å². The minimum Gasteiger partial charge on any atom is -0.495 e. The monoisotopic (exact) mass is 321 g/mol. The van der Waals surface area contributed by atoms with Crippen molar-refractivity contribution in [3.8, 4) is 11.8 Å². The number of hydrogen-bond donors (Lipinski definition) is 1. The molecule has 5 nitrogen and oxygen atoms in total. The lowest BCUT2D eigenvalue weighted by atomic mass is 10.2. The minimum atomic E-state index is -0.482. The molecule has 0 fully saturated rings. The van der Waals surface area contributed by atoms with Gasteiger partial charge in [0, 0.05) is 18.9 Å². The summed E-state index contributed by atoms with van der Waals surface area (Å²) in [5.41, 5.74) is 2.40. The maximum atomic E-state index is 12.4. The van der Waals surface area contributed by atoms with Gasteiger partial charge in [-0.25, -0.2) is 0 Å². The van der Waals surface area contributed by atoms with Gasteiger partial charge in [-0.1, -0.05) is 24.3 Å². The molecule has 0 aromatic heterocycles. The van der Waals surface area contributed by atoms with Crippen molar-refractivity contribution in [3.05, 3.63) is 65.9 Å². The van der Waals surface area contributed by atoms with E-state index in [1.54, 1.807) is 24.1 Å². The van der Waals surface area contributed by atoms with E-state index in [0.29, 0.717) is 11.4 Å². The Morgan fingerprint density at radius 3 is 2.58 bits per heavy atom. The smallest absolute Gasteiger partial charge is 0.267 e. The number of nitriles is 1. The third-order valence-corrected chi connectivity index (χ3v) is 3.45. The Morgan fingerprint density at radius 2 is 1.96 bits per heavy atom. The third kappa shape index (κ3) is 4.14. The number of carbonyl (C=O) groups excluding carboxylic acids is 1. The van der Waals surface area contributed by atoms with Crippen LogP contribution in [0, 0.1) is 18.3 Å². The highest BCUT2D eigenvalue weighted by molar-refractivity contribution is 6.07. The zero-order valence-corrected chi connectivity index (χ0v) is 13.9. The van der Waals surface area contributed by atoms with E-state index in [-0.39, 0.29) is 5.57 Å². The van der Waals surface area contributed by atoms with Crippen LogP contribution in [0.2, 0.25) is 0 Å². The molecule has 1 amide bonds. The van der Waals surface area contributed by atoms with Crippen molar-refractivity contribution in [3.63, 3.8) is 0 Å². The molecule has 0 heterocycles. The van der Waals surface area contributed by atoms with E-state index in [0.717, 1.165) is 11.3 Å². The number of carbonyl (C=O) groups is 1. The molecule has 0 spiro atoms. The predicted octanol–water partition coefficient (Wildman–Crippen LogP) is 3.49. The third-order valence-electron chi connectivity index (χ3n) is 3.45. The van der Waals surface area contributed by atoms with E-state index in [2.05, 4.69) is 5.32 Å². The van der Waals surface area contributed by atoms with E-state index in [4.69, 9.17) is 4.74 Å². The van der Waals surface area contributed by atoms with Crippen LogP contribution in [0.4, 0.5) is 11.4 Å². The second-order valence-electron chi connectivity index (χ2n) is 5.26. The molecule has 2 rings (SSSR count). The van der Waals surface area contributed by atoms with Crippen LogP contribution in [-0.2, 0) is 4.79 Å². The van der Waals surface area contributed by atoms with Crippen molar-refractivity contribution in [2.75, 3.05) is 24.4 Å². The summed E-state index contributed by atoms with van der Waals surface area (Å²) in [5, 5.41) is 12.0. The summed E-state index contributed by atoms with van der Waals surface area (Å²) < 4.78 is 5.24. The van der Waals surface area contributed by atoms with Gasteiger partial charge in [0.1, 0.15) is 17.4 Å². The highest BCUT2D eigenvalue weighted by Gasteiger charge is 2.13. The number of nitrogens with zero attached hydrogens (tertiary/aromatic N) is 2. The lowest BCUT2D eigenvalue weighted by molar-refractivity contribution is -0.112. The number of para-hydroxylation sites is 1. The molecule has 1 N–H and O–H groups in total. The molecule has 0 saturated carbocycles. The highest BCUT2D eigenvalue weighted by atomic mass is 16.5. The second-order valence-corrected chi connectivity index (χ2v) is 5.26. The van der Waals surface area contributed by atoms with Crippen molar-refractivity contribution in [1.29, 1.82) is 5.26 Å². The zero-order valence-electron chi connectivity index (χ0n) is 13.9. The Kier molecular flexibility index (Phi) is 5.58. The fraction of sp³-hybridized carbons (Fsp3) is 0.158. The van der Waals surface area contributed by atoms with Gasteiger partial charge >= 0.3 is 0 Å². The van der Waals surface area contributed by atoms with E-state index in [1.165, 1.54) is 13.3 Å². The number of amides is 1. The maximum absolute atomic E-state index is 12.4. The molecule has 122 valence electrons. The molecule has 5 heteroatoms. The molecular formula is C19H19N3O2. The number of benzene rings is 2. The number of rotatable bonds is 5. The number of nitrogens with one attached hydrogen (secondary N) is 1. The Hall–Kier alpha value is -3.26. The van der Waals surface area contributed by atoms with E-state index >= 15 is 0 Å². The first-order chi connectivity index (χ1) is 11.5. The standard InChI is InChI=1S/C19H19N3O2/c1-14-9-10-18(24-3)17(11-14)21-19(23)15(12-20)13-22(2)16-7-5-4-6-8-16/h4-11,13H,1-3H3,(H,21,23)/b15-13-. The van der Waals surface area contributed by atoms with Gasteiger partial charge in [0.2, 0.25) is 0 Å². The normalized spacial score (nSPS) is 10.7. The van der Waals surface area contributed by atoms with Crippen LogP contribution in [0.15, 0.2) is 60.3 Å². The molecule has 0 aliphatic rings. The first-order valence-electron chi connectivity index (χ1n) is 7.41. The zero-order chi connectivity index (χ0) is 17.5. The molecule has 0 atom stereocenters. The highest BCUT2D eigenvalue weighted by Crippen LogP contribution is 2.25. The van der Waals surface area contributed by atoms with Crippen LogP contribution < -0.4 is 15.0 Å². The number of aryl methyl sites for hydroxylation is 1. The van der Waals surface area contributed by atoms with Gasteiger partial charge in [0.05, 0.1) is 12.8 Å². The summed E-state index contributed by atoms with van der Waals surface area (Å²) in [4.78, 5) is 14.1. The fourth-order valence-electron chi connectivity index (χ4n) is 2.18. The molecule has 2 aromatic rings. The number of hydrogen-bond acceptors (Lipinski definition) is 4. The quantitative estimate of drug-likeness (QED) is 0.676. The Bertz CT molecular complexity index is 792. The lowest BCUT2D eigenvalue weighted by Crippen LogP contribution is -2.18. The second kappa shape index (κ2) is 7.84. The van der Waals surface area contributed by atoms with Gasteiger partial charge in [-0.05, 0) is 36.8 Å². The Morgan fingerprint density at radius 1 is 1.25 bits per heavy atom. The molecular weight excluding hydrogens is 302 g/mol. The van der Waals surface area contributed by atoms with Crippen molar-refractivity contribution in [1.82, 2.24) is 0 Å². The van der Waals surface area contributed by atoms with Crippen LogP contribution in [0.3, 0.4) is 0 Å². The molecule has 24 heavy (non-hydrogen) atoms. The molecule has 0 radical (unpaired) electrons. The van der Waals surface area contributed by atoms with Crippen LogP contribution in [-0.4, -0.2) is 20.1 Å². The summed E-state index contributed by atoms with van der Waals surface area (Å²) in [6.45, 7) is 1.92. The van der Waals surface area contributed by atoms with E-state index in [1.807, 2.05) is 49.4 Å². The van der Waals surface area contributed by atoms with Crippen molar-refractivity contribution in [2.24, 2.45) is 0 Å². The van der Waals surface area contributed by atoms with E-state index in [9.17, 15) is 10.1 Å². The summed E-state index contributed by atoms with van der Waals surface area (Å²) in [6, 6.07) is 16.9. The predicted molar refractivity (Wildman–Crippen MR) is 94.9 cm³/mol. The van der Waals surface area contributed by atoms with Crippen molar-refractivity contribution in [2.45, 2.75) is 6.92 Å². The molecule has 0 saturated heterocycles. The van der Waals surface area contributed by atoms with Gasteiger partial charge in [0.15, 0.2) is 0 Å². The molecule has 0 unspecified atom stereocenters. The summed E-state index contributed by atoms with van der Waals surface area (Å²) >= 11 is 0. The summed E-state index contributed by atoms with van der Waals surface area (Å²) in [6.07, 6.45) is 1.51. The first-order valence-corrected chi connectivity index (χ1v) is 7.41. The number of methoxy groups -OCH3 is 1. The maximum Gasteiger partial charge on any atom is 0.267 e. The van der Waals surface area contributed by atoms with Crippen molar-refractivity contribution < 1.29 is 9.53 Å². The SMILES string of the molecule is COc1ccc(C)cc1NC(=O)/C(C#N)=C\N(C)c1ccccc1. The van der Waals surface area contributed by atoms with Crippen LogP contribution in [0.1, 0.15) is 5.56 Å². The molecule has 0 aliphatic heterocycles.